The van der Waals surface area contributed by atoms with E-state index >= 15 is 0 Å². The second-order valence-electron chi connectivity index (χ2n) is 12.9. The van der Waals surface area contributed by atoms with Crippen LogP contribution in [0.2, 0.25) is 0 Å². The van der Waals surface area contributed by atoms with Crippen LogP contribution in [0.5, 0.6) is 0 Å². The Morgan fingerprint density at radius 3 is 1.15 bits per heavy atom. The summed E-state index contributed by atoms with van der Waals surface area (Å²) in [4.78, 5) is 24.3. The highest BCUT2D eigenvalue weighted by Crippen LogP contribution is 2.09. The monoisotopic (exact) mass is 743 g/mol. The maximum Gasteiger partial charge on any atom is 0.306 e. The highest BCUT2D eigenvalue weighted by atomic mass is 16.6. The van der Waals surface area contributed by atoms with Gasteiger partial charge in [-0.1, -0.05) is 160 Å². The molecule has 0 bridgehead atoms. The third-order valence-electron chi connectivity index (χ3n) is 7.94. The molecular formula is C49H74O5. The van der Waals surface area contributed by atoms with Crippen molar-refractivity contribution < 1.29 is 24.2 Å². The minimum Gasteiger partial charge on any atom is -0.462 e. The third kappa shape index (κ3) is 40.8. The van der Waals surface area contributed by atoms with Crippen LogP contribution in [0.3, 0.4) is 0 Å². The van der Waals surface area contributed by atoms with Gasteiger partial charge < -0.3 is 14.6 Å². The molecule has 5 heteroatoms. The number of ether oxygens (including phenoxy) is 2. The largest absolute Gasteiger partial charge is 0.462 e. The van der Waals surface area contributed by atoms with Gasteiger partial charge in [0.25, 0.3) is 0 Å². The molecule has 0 rings (SSSR count). The average Bonchev–Trinajstić information content (AvgIpc) is 3.17. The van der Waals surface area contributed by atoms with Gasteiger partial charge in [-0.05, 0) is 103 Å². The Labute approximate surface area is 330 Å². The molecule has 0 aliphatic heterocycles. The van der Waals surface area contributed by atoms with Crippen LogP contribution in [0.25, 0.3) is 0 Å². The maximum atomic E-state index is 12.2. The molecule has 0 saturated heterocycles. The molecule has 0 amide bonds. The summed E-state index contributed by atoms with van der Waals surface area (Å²) in [6.07, 6.45) is 65.2. The van der Waals surface area contributed by atoms with E-state index in [9.17, 15) is 14.7 Å². The van der Waals surface area contributed by atoms with Crippen LogP contribution in [0.15, 0.2) is 134 Å². The molecule has 0 aromatic heterocycles. The molecule has 0 aliphatic rings. The van der Waals surface area contributed by atoms with E-state index in [1.54, 1.807) is 0 Å². The van der Waals surface area contributed by atoms with E-state index in [0.717, 1.165) is 109 Å². The van der Waals surface area contributed by atoms with E-state index in [1.165, 1.54) is 0 Å². The highest BCUT2D eigenvalue weighted by molar-refractivity contribution is 5.70. The number of esters is 2. The molecule has 0 aromatic rings. The Balaban J connectivity index is 3.78. The first-order valence-corrected chi connectivity index (χ1v) is 20.7. The lowest BCUT2D eigenvalue weighted by Crippen LogP contribution is -2.28. The van der Waals surface area contributed by atoms with E-state index in [-0.39, 0.29) is 31.6 Å². The molecule has 0 aromatic carbocycles. The number of carbonyl (C=O) groups is 2. The van der Waals surface area contributed by atoms with Crippen LogP contribution >= 0.6 is 0 Å². The van der Waals surface area contributed by atoms with E-state index in [4.69, 9.17) is 9.47 Å². The van der Waals surface area contributed by atoms with E-state index < -0.39 is 6.10 Å². The second-order valence-corrected chi connectivity index (χ2v) is 12.9. The van der Waals surface area contributed by atoms with Crippen molar-refractivity contribution in [3.8, 4) is 0 Å². The molecule has 5 nitrogen and oxygen atoms in total. The summed E-state index contributed by atoms with van der Waals surface area (Å²) in [5.41, 5.74) is 0. The maximum absolute atomic E-state index is 12.2. The lowest BCUT2D eigenvalue weighted by molar-refractivity contribution is -0.161. The minimum absolute atomic E-state index is 0.112. The molecule has 54 heavy (non-hydrogen) atoms. The Hall–Kier alpha value is -3.96. The molecule has 300 valence electrons. The predicted octanol–water partition coefficient (Wildman–Crippen LogP) is 13.4. The molecule has 1 N–H and O–H groups in total. The molecule has 0 heterocycles. The Morgan fingerprint density at radius 1 is 0.426 bits per heavy atom. The number of allylic oxidation sites excluding steroid dienone is 22. The number of hydrogen-bond acceptors (Lipinski definition) is 5. The Morgan fingerprint density at radius 2 is 0.759 bits per heavy atom. The highest BCUT2D eigenvalue weighted by Gasteiger charge is 2.15. The van der Waals surface area contributed by atoms with Crippen molar-refractivity contribution in [1.82, 2.24) is 0 Å². The van der Waals surface area contributed by atoms with Crippen LogP contribution in [0.4, 0.5) is 0 Å². The van der Waals surface area contributed by atoms with Gasteiger partial charge in [-0.3, -0.25) is 9.59 Å². The van der Waals surface area contributed by atoms with Gasteiger partial charge in [-0.2, -0.15) is 0 Å². The first kappa shape index (κ1) is 50.0. The summed E-state index contributed by atoms with van der Waals surface area (Å²) in [7, 11) is 0. The van der Waals surface area contributed by atoms with Crippen LogP contribution in [-0.4, -0.2) is 36.4 Å². The van der Waals surface area contributed by atoms with Gasteiger partial charge in [0.2, 0.25) is 0 Å². The third-order valence-corrected chi connectivity index (χ3v) is 7.94. The van der Waals surface area contributed by atoms with Gasteiger partial charge in [0.1, 0.15) is 6.61 Å². The second kappa shape index (κ2) is 43.4. The molecule has 0 saturated carbocycles. The molecule has 0 fully saturated rings. The van der Waals surface area contributed by atoms with Crippen LogP contribution < -0.4 is 0 Å². The quantitative estimate of drug-likeness (QED) is 0.0398. The number of aliphatic hydroxyl groups is 1. The predicted molar refractivity (Wildman–Crippen MR) is 232 cm³/mol. The fourth-order valence-corrected chi connectivity index (χ4v) is 4.88. The minimum atomic E-state index is -0.823. The topological polar surface area (TPSA) is 72.8 Å². The molecule has 1 unspecified atom stereocenters. The first-order valence-electron chi connectivity index (χ1n) is 20.7. The standard InChI is InChI=1S/C49H74O5/c1-3-5-7-9-11-13-15-17-19-21-22-23-24-25-26-28-30-32-34-36-38-40-42-44-49(52)54-47(45-50)46-53-48(51)43-41-39-37-35-33-31-29-27-20-18-16-14-12-10-8-6-4-2/h5-8,11-14,17-20,22-23,25-26,29-32,36,38,47,50H,3-4,9-10,15-16,21,24,27-28,33-35,37,39-46H2,1-2H3/b7-5-,8-6-,13-11-,14-12-,19-17-,20-18-,23-22-,26-25-,31-29-,32-30-,38-36-. The van der Waals surface area contributed by atoms with Gasteiger partial charge >= 0.3 is 11.9 Å². The van der Waals surface area contributed by atoms with Gasteiger partial charge in [-0.15, -0.1) is 0 Å². The number of rotatable bonds is 35. The number of unbranched alkanes of at least 4 members (excludes halogenated alkanes) is 5. The summed E-state index contributed by atoms with van der Waals surface area (Å²) in [6, 6.07) is 0. The van der Waals surface area contributed by atoms with Crippen molar-refractivity contribution in [3.05, 3.63) is 134 Å². The fourth-order valence-electron chi connectivity index (χ4n) is 4.88. The molecule has 0 spiro atoms. The molecule has 1 atom stereocenters. The number of hydrogen-bond donors (Lipinski definition) is 1. The fraction of sp³-hybridized carbons (Fsp3) is 0.510. The summed E-state index contributed by atoms with van der Waals surface area (Å²) in [6.45, 7) is 3.81. The van der Waals surface area contributed by atoms with E-state index in [1.807, 2.05) is 0 Å². The molecule has 0 radical (unpaired) electrons. The normalized spacial score (nSPS) is 13.6. The van der Waals surface area contributed by atoms with Crippen molar-refractivity contribution in [3.63, 3.8) is 0 Å². The molecular weight excluding hydrogens is 669 g/mol. The lowest BCUT2D eigenvalue weighted by Gasteiger charge is -2.15. The van der Waals surface area contributed by atoms with Crippen LogP contribution in [0.1, 0.15) is 142 Å². The van der Waals surface area contributed by atoms with Crippen molar-refractivity contribution >= 4 is 11.9 Å². The van der Waals surface area contributed by atoms with Crippen molar-refractivity contribution in [2.45, 2.75) is 148 Å². The van der Waals surface area contributed by atoms with Crippen LogP contribution in [0, 0.1) is 0 Å². The summed E-state index contributed by atoms with van der Waals surface area (Å²) >= 11 is 0. The number of carbonyl (C=O) groups excluding carboxylic acids is 2. The SMILES string of the molecule is CC/C=C\C/C=C\C/C=C\C/C=C\C/C=C\C/C=C\C/C=C\CCCC(=O)OC(CO)COC(=O)CCCCCC/C=C\C/C=C\C/C=C\C/C=C\CC. The zero-order valence-corrected chi connectivity index (χ0v) is 33.9. The van der Waals surface area contributed by atoms with Crippen molar-refractivity contribution in [1.29, 1.82) is 0 Å². The van der Waals surface area contributed by atoms with E-state index in [2.05, 4.69) is 148 Å². The van der Waals surface area contributed by atoms with Gasteiger partial charge in [0, 0.05) is 12.8 Å². The zero-order chi connectivity index (χ0) is 39.3. The van der Waals surface area contributed by atoms with Gasteiger partial charge in [0.15, 0.2) is 6.10 Å². The van der Waals surface area contributed by atoms with Gasteiger partial charge in [-0.25, -0.2) is 0 Å². The lowest BCUT2D eigenvalue weighted by atomic mass is 10.1. The Kier molecular flexibility index (Phi) is 40.3. The average molecular weight is 743 g/mol. The Bertz CT molecular complexity index is 1200. The molecule has 0 aliphatic carbocycles. The van der Waals surface area contributed by atoms with Gasteiger partial charge in [0.05, 0.1) is 6.61 Å². The van der Waals surface area contributed by atoms with Crippen molar-refractivity contribution in [2.75, 3.05) is 13.2 Å². The summed E-state index contributed by atoms with van der Waals surface area (Å²) in [5, 5.41) is 9.56. The smallest absolute Gasteiger partial charge is 0.306 e. The van der Waals surface area contributed by atoms with Crippen LogP contribution in [-0.2, 0) is 19.1 Å². The first-order chi connectivity index (χ1) is 26.6. The van der Waals surface area contributed by atoms with E-state index in [0.29, 0.717) is 12.8 Å². The summed E-state index contributed by atoms with van der Waals surface area (Å²) < 4.78 is 10.6. The summed E-state index contributed by atoms with van der Waals surface area (Å²) in [5.74, 6) is -0.704. The number of aliphatic hydroxyl groups excluding tert-OH is 1. The van der Waals surface area contributed by atoms with Crippen molar-refractivity contribution in [2.24, 2.45) is 0 Å². The zero-order valence-electron chi connectivity index (χ0n) is 33.9.